The number of aliphatic carboxylic acids is 1. The van der Waals surface area contributed by atoms with Gasteiger partial charge in [0.2, 0.25) is 0 Å². The van der Waals surface area contributed by atoms with Gasteiger partial charge >= 0.3 is 12.0 Å². The van der Waals surface area contributed by atoms with Crippen LogP contribution in [0, 0.1) is 11.8 Å². The standard InChI is InChI=1S/C14H24N2O4/c1-2-16(12-9-20-8-11(12)13(17)18)14(19)15-7-10-5-3-4-6-10/h10-12H,2-9H2,1H3,(H,15,19)(H,17,18). The summed E-state index contributed by atoms with van der Waals surface area (Å²) in [6, 6.07) is -0.526. The lowest BCUT2D eigenvalue weighted by atomic mass is 10.0. The summed E-state index contributed by atoms with van der Waals surface area (Å²) >= 11 is 0. The van der Waals surface area contributed by atoms with Crippen molar-refractivity contribution in [1.82, 2.24) is 10.2 Å². The minimum atomic E-state index is -0.894. The number of carbonyl (C=O) groups is 2. The second-order valence-electron chi connectivity index (χ2n) is 5.67. The fourth-order valence-corrected chi connectivity index (χ4v) is 3.16. The van der Waals surface area contributed by atoms with Crippen molar-refractivity contribution < 1.29 is 19.4 Å². The molecule has 2 amide bonds. The lowest BCUT2D eigenvalue weighted by Gasteiger charge is -2.29. The van der Waals surface area contributed by atoms with E-state index in [-0.39, 0.29) is 18.7 Å². The molecule has 0 radical (unpaired) electrons. The fourth-order valence-electron chi connectivity index (χ4n) is 3.16. The van der Waals surface area contributed by atoms with Crippen LogP contribution < -0.4 is 5.32 Å². The van der Waals surface area contributed by atoms with Crippen LogP contribution in [-0.2, 0) is 9.53 Å². The Morgan fingerprint density at radius 2 is 2.00 bits per heavy atom. The Labute approximate surface area is 119 Å². The Hall–Kier alpha value is -1.30. The number of carboxylic acids is 1. The van der Waals surface area contributed by atoms with Crippen molar-refractivity contribution in [2.24, 2.45) is 11.8 Å². The SMILES string of the molecule is CCN(C(=O)NCC1CCCC1)C1COCC1C(=O)O. The van der Waals surface area contributed by atoms with Gasteiger partial charge in [0.05, 0.1) is 19.3 Å². The number of nitrogens with one attached hydrogen (secondary N) is 1. The van der Waals surface area contributed by atoms with Gasteiger partial charge in [0.1, 0.15) is 5.92 Å². The summed E-state index contributed by atoms with van der Waals surface area (Å²) in [5.74, 6) is -0.936. The predicted molar refractivity (Wildman–Crippen MR) is 73.5 cm³/mol. The molecule has 1 aliphatic heterocycles. The molecule has 114 valence electrons. The van der Waals surface area contributed by atoms with Crippen molar-refractivity contribution in [3.63, 3.8) is 0 Å². The molecule has 20 heavy (non-hydrogen) atoms. The summed E-state index contributed by atoms with van der Waals surface area (Å²) in [6.07, 6.45) is 4.85. The molecule has 2 atom stereocenters. The van der Waals surface area contributed by atoms with Crippen LogP contribution >= 0.6 is 0 Å². The number of rotatable bonds is 5. The van der Waals surface area contributed by atoms with E-state index in [2.05, 4.69) is 5.32 Å². The Balaban J connectivity index is 1.89. The number of likely N-dealkylation sites (N-methyl/N-ethyl adjacent to an activating group) is 1. The van der Waals surface area contributed by atoms with E-state index in [0.717, 1.165) is 0 Å². The van der Waals surface area contributed by atoms with Crippen LogP contribution in [0.25, 0.3) is 0 Å². The molecule has 0 spiro atoms. The van der Waals surface area contributed by atoms with E-state index in [0.29, 0.717) is 25.6 Å². The summed E-state index contributed by atoms with van der Waals surface area (Å²) in [7, 11) is 0. The molecule has 6 heteroatoms. The van der Waals surface area contributed by atoms with Crippen LogP contribution in [0.15, 0.2) is 0 Å². The molecule has 6 nitrogen and oxygen atoms in total. The van der Waals surface area contributed by atoms with Gasteiger partial charge in [-0.3, -0.25) is 4.79 Å². The van der Waals surface area contributed by atoms with E-state index in [1.807, 2.05) is 6.92 Å². The maximum absolute atomic E-state index is 12.3. The number of hydrogen-bond acceptors (Lipinski definition) is 3. The highest BCUT2D eigenvalue weighted by atomic mass is 16.5. The third kappa shape index (κ3) is 3.42. The molecule has 1 saturated carbocycles. The molecule has 2 N–H and O–H groups in total. The second kappa shape index (κ2) is 6.92. The maximum Gasteiger partial charge on any atom is 0.317 e. The number of amides is 2. The molecule has 0 aromatic heterocycles. The van der Waals surface area contributed by atoms with Crippen molar-refractivity contribution in [2.75, 3.05) is 26.3 Å². The summed E-state index contributed by atoms with van der Waals surface area (Å²) in [6.45, 7) is 3.55. The van der Waals surface area contributed by atoms with Gasteiger partial charge < -0.3 is 20.1 Å². The number of carbonyl (C=O) groups excluding carboxylic acids is 1. The summed E-state index contributed by atoms with van der Waals surface area (Å²) in [4.78, 5) is 25.0. The number of ether oxygens (including phenoxy) is 1. The zero-order chi connectivity index (χ0) is 14.5. The first-order valence-corrected chi connectivity index (χ1v) is 7.48. The first-order valence-electron chi connectivity index (χ1n) is 7.48. The van der Waals surface area contributed by atoms with Crippen molar-refractivity contribution in [3.05, 3.63) is 0 Å². The zero-order valence-electron chi connectivity index (χ0n) is 12.0. The molecule has 2 fully saturated rings. The van der Waals surface area contributed by atoms with E-state index in [9.17, 15) is 14.7 Å². The quantitative estimate of drug-likeness (QED) is 0.798. The van der Waals surface area contributed by atoms with Gasteiger partial charge in [-0.15, -0.1) is 0 Å². The minimum absolute atomic E-state index is 0.166. The molecule has 2 rings (SSSR count). The van der Waals surface area contributed by atoms with Gasteiger partial charge in [0.25, 0.3) is 0 Å². The Bertz CT molecular complexity index is 355. The van der Waals surface area contributed by atoms with Crippen molar-refractivity contribution in [2.45, 2.75) is 38.6 Å². The van der Waals surface area contributed by atoms with Crippen molar-refractivity contribution in [3.8, 4) is 0 Å². The van der Waals surface area contributed by atoms with Crippen molar-refractivity contribution >= 4 is 12.0 Å². The Morgan fingerprint density at radius 3 is 2.60 bits per heavy atom. The zero-order valence-corrected chi connectivity index (χ0v) is 12.0. The number of carboxylic acid groups (broad SMARTS) is 1. The average molecular weight is 284 g/mol. The van der Waals surface area contributed by atoms with Gasteiger partial charge in [0, 0.05) is 13.1 Å². The van der Waals surface area contributed by atoms with Crippen LogP contribution in [0.3, 0.4) is 0 Å². The Kier molecular flexibility index (Phi) is 5.23. The molecule has 2 aliphatic rings. The lowest BCUT2D eigenvalue weighted by molar-refractivity contribution is -0.142. The first kappa shape index (κ1) is 15.1. The molecule has 1 saturated heterocycles. The summed E-state index contributed by atoms with van der Waals surface area (Å²) < 4.78 is 5.24. The van der Waals surface area contributed by atoms with E-state index in [4.69, 9.17) is 4.74 Å². The van der Waals surface area contributed by atoms with E-state index >= 15 is 0 Å². The van der Waals surface area contributed by atoms with Gasteiger partial charge in [-0.25, -0.2) is 4.79 Å². The maximum atomic E-state index is 12.3. The monoisotopic (exact) mass is 284 g/mol. The lowest BCUT2D eigenvalue weighted by Crippen LogP contribution is -2.51. The van der Waals surface area contributed by atoms with Crippen LogP contribution in [0.5, 0.6) is 0 Å². The summed E-state index contributed by atoms with van der Waals surface area (Å²) in [5, 5.41) is 12.1. The van der Waals surface area contributed by atoms with Crippen LogP contribution in [-0.4, -0.2) is 54.4 Å². The second-order valence-corrected chi connectivity index (χ2v) is 5.67. The first-order chi connectivity index (χ1) is 9.63. The molecule has 0 bridgehead atoms. The topological polar surface area (TPSA) is 78.9 Å². The molecule has 2 unspecified atom stereocenters. The predicted octanol–water partition coefficient (Wildman–Crippen LogP) is 1.31. The van der Waals surface area contributed by atoms with Crippen LogP contribution in [0.2, 0.25) is 0 Å². The molecule has 1 heterocycles. The fraction of sp³-hybridized carbons (Fsp3) is 0.857. The van der Waals surface area contributed by atoms with Gasteiger partial charge in [-0.2, -0.15) is 0 Å². The molecular formula is C14H24N2O4. The van der Waals surface area contributed by atoms with Gasteiger partial charge in [0.15, 0.2) is 0 Å². The smallest absolute Gasteiger partial charge is 0.317 e. The number of hydrogen-bond donors (Lipinski definition) is 2. The summed E-state index contributed by atoms with van der Waals surface area (Å²) in [5.41, 5.74) is 0. The highest BCUT2D eigenvalue weighted by Gasteiger charge is 2.39. The highest BCUT2D eigenvalue weighted by molar-refractivity contribution is 5.77. The number of nitrogens with zero attached hydrogens (tertiary/aromatic N) is 1. The van der Waals surface area contributed by atoms with E-state index < -0.39 is 11.9 Å². The average Bonchev–Trinajstić information content (AvgIpc) is 3.08. The third-order valence-corrected chi connectivity index (χ3v) is 4.39. The Morgan fingerprint density at radius 1 is 1.30 bits per heavy atom. The van der Waals surface area contributed by atoms with Crippen LogP contribution in [0.4, 0.5) is 4.79 Å². The molecular weight excluding hydrogens is 260 g/mol. The van der Waals surface area contributed by atoms with E-state index in [1.54, 1.807) is 4.90 Å². The molecule has 0 aromatic carbocycles. The normalized spacial score (nSPS) is 26.6. The van der Waals surface area contributed by atoms with Gasteiger partial charge in [-0.05, 0) is 25.7 Å². The largest absolute Gasteiger partial charge is 0.481 e. The number of urea groups is 1. The molecule has 1 aliphatic carbocycles. The third-order valence-electron chi connectivity index (χ3n) is 4.39. The van der Waals surface area contributed by atoms with Crippen LogP contribution in [0.1, 0.15) is 32.6 Å². The minimum Gasteiger partial charge on any atom is -0.481 e. The van der Waals surface area contributed by atoms with Crippen molar-refractivity contribution in [1.29, 1.82) is 0 Å². The van der Waals surface area contributed by atoms with E-state index in [1.165, 1.54) is 25.7 Å². The van der Waals surface area contributed by atoms with Gasteiger partial charge in [-0.1, -0.05) is 12.8 Å². The highest BCUT2D eigenvalue weighted by Crippen LogP contribution is 2.24. The molecule has 0 aromatic rings.